The monoisotopic (exact) mass is 445 g/mol. The molecule has 0 aromatic heterocycles. The molecule has 0 bridgehead atoms. The molecule has 2 aromatic carbocycles. The van der Waals surface area contributed by atoms with Gasteiger partial charge in [0.1, 0.15) is 13.2 Å². The minimum absolute atomic E-state index is 0.0435. The summed E-state index contributed by atoms with van der Waals surface area (Å²) in [5.41, 5.74) is 0.409. The van der Waals surface area contributed by atoms with E-state index in [4.69, 9.17) is 14.2 Å². The first kappa shape index (κ1) is 21.3. The maximum Gasteiger partial charge on any atom is 0.338 e. The Morgan fingerprint density at radius 2 is 1.65 bits per heavy atom. The van der Waals surface area contributed by atoms with Crippen molar-refractivity contribution in [3.05, 3.63) is 53.6 Å². The summed E-state index contributed by atoms with van der Waals surface area (Å²) in [4.78, 5) is 24.9. The molecule has 31 heavy (non-hydrogen) atoms. The van der Waals surface area contributed by atoms with Crippen LogP contribution in [-0.2, 0) is 14.8 Å². The third-order valence-electron chi connectivity index (χ3n) is 5.22. The minimum atomic E-state index is -3.67. The number of piperidine rings is 1. The van der Waals surface area contributed by atoms with Crippen LogP contribution in [0.25, 0.3) is 0 Å². The van der Waals surface area contributed by atoms with E-state index in [1.54, 1.807) is 18.2 Å². The molecule has 1 fully saturated rings. The third kappa shape index (κ3) is 4.72. The van der Waals surface area contributed by atoms with Crippen molar-refractivity contribution in [3.8, 4) is 11.5 Å². The number of Topliss-reactive ketones (excluding diaryl/α,β-unsaturated/α-hetero) is 1. The maximum atomic E-state index is 12.8. The Balaban J connectivity index is 1.42. The molecule has 4 rings (SSSR count). The fourth-order valence-corrected chi connectivity index (χ4v) is 5.12. The fourth-order valence-electron chi connectivity index (χ4n) is 3.55. The number of carbonyl (C=O) groups excluding carboxylic acids is 2. The van der Waals surface area contributed by atoms with Crippen LogP contribution in [0, 0.1) is 0 Å². The summed E-state index contributed by atoms with van der Waals surface area (Å²) in [5, 5.41) is 0. The zero-order valence-corrected chi connectivity index (χ0v) is 17.7. The van der Waals surface area contributed by atoms with E-state index < -0.39 is 28.4 Å². The van der Waals surface area contributed by atoms with Crippen molar-refractivity contribution >= 4 is 21.8 Å². The van der Waals surface area contributed by atoms with Gasteiger partial charge in [0, 0.05) is 18.7 Å². The Kier molecular flexibility index (Phi) is 6.24. The number of hydrogen-bond acceptors (Lipinski definition) is 7. The molecule has 0 N–H and O–H groups in total. The Labute approximate surface area is 180 Å². The van der Waals surface area contributed by atoms with Crippen LogP contribution in [0.5, 0.6) is 11.5 Å². The number of sulfonamides is 1. The predicted octanol–water partition coefficient (Wildman–Crippen LogP) is 2.67. The average Bonchev–Trinajstić information content (AvgIpc) is 2.82. The largest absolute Gasteiger partial charge is 0.486 e. The second kappa shape index (κ2) is 9.07. The van der Waals surface area contributed by atoms with Gasteiger partial charge in [0.15, 0.2) is 23.9 Å². The van der Waals surface area contributed by atoms with E-state index in [0.717, 1.165) is 19.3 Å². The molecule has 1 saturated heterocycles. The topological polar surface area (TPSA) is 99.2 Å². The van der Waals surface area contributed by atoms with E-state index in [1.807, 2.05) is 0 Å². The van der Waals surface area contributed by atoms with Gasteiger partial charge in [0.05, 0.1) is 10.5 Å². The molecule has 0 amide bonds. The van der Waals surface area contributed by atoms with E-state index in [9.17, 15) is 18.0 Å². The Hall–Kier alpha value is -2.91. The number of ketones is 1. The van der Waals surface area contributed by atoms with Crippen LogP contribution >= 0.6 is 0 Å². The molecule has 2 heterocycles. The van der Waals surface area contributed by atoms with Crippen molar-refractivity contribution < 1.29 is 32.2 Å². The molecule has 0 unspecified atom stereocenters. The normalized spacial score (nSPS) is 16.5. The molecular weight excluding hydrogens is 422 g/mol. The van der Waals surface area contributed by atoms with Gasteiger partial charge >= 0.3 is 5.97 Å². The zero-order valence-electron chi connectivity index (χ0n) is 16.9. The molecule has 0 aliphatic carbocycles. The zero-order chi connectivity index (χ0) is 21.8. The van der Waals surface area contributed by atoms with Crippen molar-refractivity contribution in [2.24, 2.45) is 0 Å². The van der Waals surface area contributed by atoms with Crippen molar-refractivity contribution in [2.75, 3.05) is 32.9 Å². The van der Waals surface area contributed by atoms with Gasteiger partial charge in [-0.1, -0.05) is 12.5 Å². The van der Waals surface area contributed by atoms with Crippen LogP contribution in [0.1, 0.15) is 40.0 Å². The number of carbonyl (C=O) groups is 2. The first-order valence-electron chi connectivity index (χ1n) is 10.2. The van der Waals surface area contributed by atoms with E-state index >= 15 is 0 Å². The summed E-state index contributed by atoms with van der Waals surface area (Å²) in [5.74, 6) is -0.130. The molecule has 164 valence electrons. The van der Waals surface area contributed by atoms with Gasteiger partial charge in [0.2, 0.25) is 10.0 Å². The molecule has 0 saturated carbocycles. The fraction of sp³-hybridized carbons (Fsp3) is 0.364. The van der Waals surface area contributed by atoms with E-state index in [1.165, 1.54) is 28.6 Å². The van der Waals surface area contributed by atoms with Gasteiger partial charge in [0.25, 0.3) is 0 Å². The quantitative estimate of drug-likeness (QED) is 0.498. The SMILES string of the molecule is O=C(COC(=O)c1cccc(S(=O)(=O)N2CCCCC2)c1)c1ccc2c(c1)OCCO2. The van der Waals surface area contributed by atoms with Crippen molar-refractivity contribution in [1.29, 1.82) is 0 Å². The minimum Gasteiger partial charge on any atom is -0.486 e. The molecule has 8 nitrogen and oxygen atoms in total. The van der Waals surface area contributed by atoms with Crippen LogP contribution < -0.4 is 9.47 Å². The highest BCUT2D eigenvalue weighted by molar-refractivity contribution is 7.89. The summed E-state index contributed by atoms with van der Waals surface area (Å²) < 4.78 is 43.1. The van der Waals surface area contributed by atoms with Crippen LogP contribution in [0.2, 0.25) is 0 Å². The molecular formula is C22H23NO7S. The van der Waals surface area contributed by atoms with Crippen molar-refractivity contribution in [2.45, 2.75) is 24.2 Å². The van der Waals surface area contributed by atoms with Crippen LogP contribution in [0.4, 0.5) is 0 Å². The third-order valence-corrected chi connectivity index (χ3v) is 7.12. The number of fused-ring (bicyclic) bond motifs is 1. The second-order valence-electron chi connectivity index (χ2n) is 7.35. The van der Waals surface area contributed by atoms with Crippen molar-refractivity contribution in [1.82, 2.24) is 4.31 Å². The van der Waals surface area contributed by atoms with Crippen molar-refractivity contribution in [3.63, 3.8) is 0 Å². The lowest BCUT2D eigenvalue weighted by Crippen LogP contribution is -2.35. The molecule has 0 radical (unpaired) electrons. The van der Waals surface area contributed by atoms with Gasteiger partial charge in [-0.15, -0.1) is 0 Å². The second-order valence-corrected chi connectivity index (χ2v) is 9.29. The van der Waals surface area contributed by atoms with Crippen LogP contribution in [0.3, 0.4) is 0 Å². The van der Waals surface area contributed by atoms with Gasteiger partial charge in [-0.25, -0.2) is 13.2 Å². The Morgan fingerprint density at radius 3 is 2.42 bits per heavy atom. The Morgan fingerprint density at radius 1 is 0.903 bits per heavy atom. The lowest BCUT2D eigenvalue weighted by atomic mass is 10.1. The highest BCUT2D eigenvalue weighted by atomic mass is 32.2. The summed E-state index contributed by atoms with van der Waals surface area (Å²) in [6, 6.07) is 10.5. The predicted molar refractivity (Wildman–Crippen MR) is 111 cm³/mol. The van der Waals surface area contributed by atoms with Gasteiger partial charge in [-0.2, -0.15) is 4.31 Å². The Bertz CT molecular complexity index is 1090. The first-order valence-corrected chi connectivity index (χ1v) is 11.6. The number of hydrogen-bond donors (Lipinski definition) is 0. The maximum absolute atomic E-state index is 12.8. The number of ether oxygens (including phenoxy) is 3. The number of rotatable bonds is 6. The highest BCUT2D eigenvalue weighted by Crippen LogP contribution is 2.31. The first-order chi connectivity index (χ1) is 14.9. The molecule has 2 aliphatic heterocycles. The van der Waals surface area contributed by atoms with Crippen LogP contribution in [-0.4, -0.2) is 57.4 Å². The highest BCUT2D eigenvalue weighted by Gasteiger charge is 2.27. The number of nitrogens with zero attached hydrogens (tertiary/aromatic N) is 1. The summed E-state index contributed by atoms with van der Waals surface area (Å²) >= 11 is 0. The lowest BCUT2D eigenvalue weighted by Gasteiger charge is -2.25. The van der Waals surface area contributed by atoms with Gasteiger partial charge in [-0.3, -0.25) is 4.79 Å². The van der Waals surface area contributed by atoms with Crippen LogP contribution in [0.15, 0.2) is 47.4 Å². The molecule has 0 atom stereocenters. The van der Waals surface area contributed by atoms with E-state index in [-0.39, 0.29) is 10.5 Å². The van der Waals surface area contributed by atoms with E-state index in [2.05, 4.69) is 0 Å². The lowest BCUT2D eigenvalue weighted by molar-refractivity contribution is 0.0474. The molecule has 2 aromatic rings. The summed E-state index contributed by atoms with van der Waals surface area (Å²) in [7, 11) is -3.67. The van der Waals surface area contributed by atoms with Gasteiger partial charge in [-0.05, 0) is 49.2 Å². The summed E-state index contributed by atoms with van der Waals surface area (Å²) in [6.07, 6.45) is 2.65. The smallest absolute Gasteiger partial charge is 0.338 e. The summed E-state index contributed by atoms with van der Waals surface area (Å²) in [6.45, 7) is 1.32. The number of benzene rings is 2. The van der Waals surface area contributed by atoms with E-state index in [0.29, 0.717) is 43.4 Å². The number of esters is 1. The average molecular weight is 445 g/mol. The molecule has 9 heteroatoms. The van der Waals surface area contributed by atoms with Gasteiger partial charge < -0.3 is 14.2 Å². The molecule has 0 spiro atoms. The standard InChI is InChI=1S/C22H23NO7S/c24-19(16-7-8-20-21(14-16)29-12-11-28-20)15-30-22(25)17-5-4-6-18(13-17)31(26,27)23-9-2-1-3-10-23/h4-8,13-14H,1-3,9-12,15H2. The molecule has 2 aliphatic rings.